The van der Waals surface area contributed by atoms with Gasteiger partial charge in [-0.15, -0.1) is 0 Å². The molecule has 140 valence electrons. The number of hydrogen-bond acceptors (Lipinski definition) is 3. The molecule has 2 aliphatic carbocycles. The lowest BCUT2D eigenvalue weighted by molar-refractivity contribution is 0.0697. The van der Waals surface area contributed by atoms with Gasteiger partial charge in [-0.05, 0) is 72.8 Å². The molecule has 1 aliphatic heterocycles. The van der Waals surface area contributed by atoms with Crippen LogP contribution in [0.4, 0.5) is 5.69 Å². The minimum atomic E-state index is -0.874. The van der Waals surface area contributed by atoms with Gasteiger partial charge < -0.3 is 15.2 Å². The molecule has 0 spiro atoms. The first kappa shape index (κ1) is 17.1. The minimum absolute atomic E-state index is 0.0609. The standard InChI is InChI=1S/C22H22BrNO3/c1-27-17-8-7-13(23)10-16(17)21-19-12-6-5-11(9-12)18(19)14-3-2-4-15(22(25)26)20(14)24-21/h2-4,7-8,10-12,18-19,21,24H,5-6,9H2,1H3,(H,25,26)/t11-,12-,18+,19+,21-/m0/s1. The van der Waals surface area contributed by atoms with E-state index in [1.54, 1.807) is 13.2 Å². The van der Waals surface area contributed by atoms with Crippen LogP contribution in [0.2, 0.25) is 0 Å². The molecular weight excluding hydrogens is 406 g/mol. The summed E-state index contributed by atoms with van der Waals surface area (Å²) in [4.78, 5) is 11.9. The molecular formula is C22H22BrNO3. The van der Waals surface area contributed by atoms with Crippen LogP contribution in [0.1, 0.15) is 52.7 Å². The molecule has 0 radical (unpaired) electrons. The highest BCUT2D eigenvalue weighted by Crippen LogP contribution is 2.64. The monoisotopic (exact) mass is 427 g/mol. The second-order valence-corrected chi connectivity index (χ2v) is 8.94. The number of benzene rings is 2. The number of hydrogen-bond donors (Lipinski definition) is 2. The van der Waals surface area contributed by atoms with Crippen molar-refractivity contribution in [2.45, 2.75) is 31.2 Å². The van der Waals surface area contributed by atoms with E-state index in [4.69, 9.17) is 4.74 Å². The molecule has 0 amide bonds. The number of para-hydroxylation sites is 1. The van der Waals surface area contributed by atoms with Crippen LogP contribution < -0.4 is 10.1 Å². The highest BCUT2D eigenvalue weighted by molar-refractivity contribution is 9.10. The number of aromatic carboxylic acids is 1. The summed E-state index contributed by atoms with van der Waals surface area (Å²) in [5.41, 5.74) is 3.47. The molecule has 0 aromatic heterocycles. The van der Waals surface area contributed by atoms with E-state index in [-0.39, 0.29) is 6.04 Å². The number of fused-ring (bicyclic) bond motifs is 7. The average molecular weight is 428 g/mol. The fourth-order valence-electron chi connectivity index (χ4n) is 5.95. The Morgan fingerprint density at radius 3 is 2.78 bits per heavy atom. The number of nitrogens with one attached hydrogen (secondary N) is 1. The smallest absolute Gasteiger partial charge is 0.337 e. The Labute approximate surface area is 167 Å². The maximum Gasteiger partial charge on any atom is 0.337 e. The number of rotatable bonds is 3. The average Bonchev–Trinajstić information content (AvgIpc) is 3.29. The zero-order valence-electron chi connectivity index (χ0n) is 15.1. The summed E-state index contributed by atoms with van der Waals surface area (Å²) in [6.07, 6.45) is 3.78. The number of halogens is 1. The first-order chi connectivity index (χ1) is 13.1. The fourth-order valence-corrected chi connectivity index (χ4v) is 6.33. The SMILES string of the molecule is COc1ccc(Br)cc1[C@@H]1Nc2c(C(=O)O)cccc2[C@H]2[C@H]3CC[C@@H](C3)[C@H]21. The molecule has 5 atom stereocenters. The second kappa shape index (κ2) is 6.26. The molecule has 3 aliphatic rings. The van der Waals surface area contributed by atoms with Crippen molar-refractivity contribution in [2.75, 3.05) is 12.4 Å². The molecule has 2 aromatic carbocycles. The summed E-state index contributed by atoms with van der Waals surface area (Å²) in [5.74, 6) is 2.22. The molecule has 2 fully saturated rings. The van der Waals surface area contributed by atoms with E-state index >= 15 is 0 Å². The van der Waals surface area contributed by atoms with E-state index in [2.05, 4.69) is 33.4 Å². The molecule has 2 aromatic rings. The van der Waals surface area contributed by atoms with Gasteiger partial charge in [-0.1, -0.05) is 28.1 Å². The normalized spacial score (nSPS) is 30.4. The predicted molar refractivity (Wildman–Crippen MR) is 108 cm³/mol. The second-order valence-electron chi connectivity index (χ2n) is 8.02. The third-order valence-electron chi connectivity index (χ3n) is 6.88. The number of carboxylic acids is 1. The molecule has 5 rings (SSSR count). The summed E-state index contributed by atoms with van der Waals surface area (Å²) in [6, 6.07) is 11.9. The lowest BCUT2D eigenvalue weighted by Crippen LogP contribution is -2.36. The number of carbonyl (C=O) groups is 1. The molecule has 27 heavy (non-hydrogen) atoms. The van der Waals surface area contributed by atoms with Gasteiger partial charge in [-0.25, -0.2) is 4.79 Å². The van der Waals surface area contributed by atoms with Gasteiger partial charge in [-0.3, -0.25) is 0 Å². The van der Waals surface area contributed by atoms with Gasteiger partial charge >= 0.3 is 5.97 Å². The highest BCUT2D eigenvalue weighted by Gasteiger charge is 2.54. The van der Waals surface area contributed by atoms with Crippen LogP contribution in [0, 0.1) is 17.8 Å². The predicted octanol–water partition coefficient (Wildman–Crippen LogP) is 5.45. The Morgan fingerprint density at radius 2 is 2.00 bits per heavy atom. The molecule has 5 heteroatoms. The van der Waals surface area contributed by atoms with Gasteiger partial charge in [0.2, 0.25) is 0 Å². The molecule has 2 saturated carbocycles. The summed E-state index contributed by atoms with van der Waals surface area (Å²) >= 11 is 3.60. The summed E-state index contributed by atoms with van der Waals surface area (Å²) in [5, 5.41) is 13.4. The van der Waals surface area contributed by atoms with Crippen molar-refractivity contribution in [3.8, 4) is 5.75 Å². The van der Waals surface area contributed by atoms with Crippen molar-refractivity contribution in [1.82, 2.24) is 0 Å². The third-order valence-corrected chi connectivity index (χ3v) is 7.37. The molecule has 2 bridgehead atoms. The topological polar surface area (TPSA) is 58.6 Å². The Morgan fingerprint density at radius 1 is 1.19 bits per heavy atom. The van der Waals surface area contributed by atoms with Crippen molar-refractivity contribution in [2.24, 2.45) is 17.8 Å². The molecule has 4 nitrogen and oxygen atoms in total. The van der Waals surface area contributed by atoms with Gasteiger partial charge in [0.15, 0.2) is 0 Å². The lowest BCUT2D eigenvalue weighted by atomic mass is 9.67. The summed E-state index contributed by atoms with van der Waals surface area (Å²) in [7, 11) is 1.70. The highest BCUT2D eigenvalue weighted by atomic mass is 79.9. The van der Waals surface area contributed by atoms with Crippen LogP contribution in [0.3, 0.4) is 0 Å². The Hall–Kier alpha value is -2.01. The van der Waals surface area contributed by atoms with Crippen molar-refractivity contribution < 1.29 is 14.6 Å². The molecule has 1 heterocycles. The number of methoxy groups -OCH3 is 1. The number of carboxylic acid groups (broad SMARTS) is 1. The van der Waals surface area contributed by atoms with Crippen LogP contribution in [-0.4, -0.2) is 18.2 Å². The Kier molecular flexibility index (Phi) is 3.97. The fraction of sp³-hybridized carbons (Fsp3) is 0.409. The quantitative estimate of drug-likeness (QED) is 0.683. The van der Waals surface area contributed by atoms with E-state index in [1.165, 1.54) is 24.8 Å². The first-order valence-corrected chi connectivity index (χ1v) is 10.3. The van der Waals surface area contributed by atoms with E-state index in [9.17, 15) is 9.90 Å². The van der Waals surface area contributed by atoms with Crippen molar-refractivity contribution >= 4 is 27.6 Å². The Balaban J connectivity index is 1.70. The maximum atomic E-state index is 11.9. The van der Waals surface area contributed by atoms with Gasteiger partial charge in [-0.2, -0.15) is 0 Å². The molecule has 2 N–H and O–H groups in total. The zero-order chi connectivity index (χ0) is 18.7. The van der Waals surface area contributed by atoms with E-state index in [0.717, 1.165) is 21.5 Å². The summed E-state index contributed by atoms with van der Waals surface area (Å²) in [6.45, 7) is 0. The van der Waals surface area contributed by atoms with Crippen molar-refractivity contribution in [3.05, 3.63) is 57.6 Å². The van der Waals surface area contributed by atoms with E-state index < -0.39 is 5.97 Å². The summed E-state index contributed by atoms with van der Waals surface area (Å²) < 4.78 is 6.68. The maximum absolute atomic E-state index is 11.9. The van der Waals surface area contributed by atoms with Crippen LogP contribution >= 0.6 is 15.9 Å². The van der Waals surface area contributed by atoms with Gasteiger partial charge in [0.25, 0.3) is 0 Å². The number of anilines is 1. The lowest BCUT2D eigenvalue weighted by Gasteiger charge is -2.44. The van der Waals surface area contributed by atoms with E-state index in [1.807, 2.05) is 18.2 Å². The van der Waals surface area contributed by atoms with Gasteiger partial charge in [0, 0.05) is 10.0 Å². The van der Waals surface area contributed by atoms with Gasteiger partial charge in [0.05, 0.1) is 24.4 Å². The van der Waals surface area contributed by atoms with E-state index in [0.29, 0.717) is 29.2 Å². The Bertz CT molecular complexity index is 928. The molecule has 0 saturated heterocycles. The van der Waals surface area contributed by atoms with Crippen molar-refractivity contribution in [1.29, 1.82) is 0 Å². The van der Waals surface area contributed by atoms with Crippen molar-refractivity contribution in [3.63, 3.8) is 0 Å². The van der Waals surface area contributed by atoms with Crippen LogP contribution in [0.25, 0.3) is 0 Å². The third kappa shape index (κ3) is 2.51. The largest absolute Gasteiger partial charge is 0.496 e. The minimum Gasteiger partial charge on any atom is -0.496 e. The van der Waals surface area contributed by atoms with Gasteiger partial charge in [0.1, 0.15) is 5.75 Å². The van der Waals surface area contributed by atoms with Crippen LogP contribution in [-0.2, 0) is 0 Å². The van der Waals surface area contributed by atoms with Crippen LogP contribution in [0.5, 0.6) is 5.75 Å². The first-order valence-electron chi connectivity index (χ1n) is 9.54. The molecule has 0 unspecified atom stereocenters. The van der Waals surface area contributed by atoms with Crippen LogP contribution in [0.15, 0.2) is 40.9 Å². The zero-order valence-corrected chi connectivity index (χ0v) is 16.7. The number of ether oxygens (including phenoxy) is 1.